The summed E-state index contributed by atoms with van der Waals surface area (Å²) < 4.78 is 5.38. The van der Waals surface area contributed by atoms with Gasteiger partial charge in [0, 0.05) is 19.7 Å². The smallest absolute Gasteiger partial charge is 0.318 e. The molecule has 0 bridgehead atoms. The van der Waals surface area contributed by atoms with Crippen LogP contribution in [0.15, 0.2) is 0 Å². The molecule has 2 unspecified atom stereocenters. The predicted molar refractivity (Wildman–Crippen MR) is 72.7 cm³/mol. The van der Waals surface area contributed by atoms with Crippen molar-refractivity contribution in [2.45, 2.75) is 37.8 Å². The van der Waals surface area contributed by atoms with Crippen LogP contribution in [0.1, 0.15) is 26.2 Å². The van der Waals surface area contributed by atoms with E-state index >= 15 is 0 Å². The van der Waals surface area contributed by atoms with Crippen LogP contribution in [-0.4, -0.2) is 65.8 Å². The molecule has 2 rings (SSSR count). The third-order valence-electron chi connectivity index (χ3n) is 3.81. The van der Waals surface area contributed by atoms with Gasteiger partial charge in [0.15, 0.2) is 0 Å². The third kappa shape index (κ3) is 3.84. The van der Waals surface area contributed by atoms with Gasteiger partial charge in [-0.25, -0.2) is 4.79 Å². The number of ether oxygens (including phenoxy) is 1. The first-order chi connectivity index (χ1) is 9.91. The summed E-state index contributed by atoms with van der Waals surface area (Å²) in [6, 6.07) is -1.38. The highest BCUT2D eigenvalue weighted by atomic mass is 16.5. The van der Waals surface area contributed by atoms with Crippen LogP contribution in [0.4, 0.5) is 4.79 Å². The van der Waals surface area contributed by atoms with Gasteiger partial charge in [-0.15, -0.1) is 0 Å². The Balaban J connectivity index is 2.04. The minimum absolute atomic E-state index is 0.298. The van der Waals surface area contributed by atoms with Gasteiger partial charge in [0.05, 0.1) is 18.6 Å². The van der Waals surface area contributed by atoms with Crippen molar-refractivity contribution < 1.29 is 24.2 Å². The van der Waals surface area contributed by atoms with Gasteiger partial charge >= 0.3 is 12.0 Å². The second-order valence-corrected chi connectivity index (χ2v) is 5.75. The van der Waals surface area contributed by atoms with Crippen LogP contribution in [0.3, 0.4) is 0 Å². The molecular weight excluding hydrogens is 278 g/mol. The van der Waals surface area contributed by atoms with E-state index in [2.05, 4.69) is 10.6 Å². The molecule has 8 heteroatoms. The molecule has 21 heavy (non-hydrogen) atoms. The Morgan fingerprint density at radius 1 is 1.57 bits per heavy atom. The Morgan fingerprint density at radius 3 is 2.95 bits per heavy atom. The number of carbonyl (C=O) groups is 3. The highest BCUT2D eigenvalue weighted by molar-refractivity contribution is 5.91. The molecule has 8 nitrogen and oxygen atoms in total. The van der Waals surface area contributed by atoms with E-state index in [1.807, 2.05) is 6.92 Å². The lowest BCUT2D eigenvalue weighted by Gasteiger charge is -2.39. The Morgan fingerprint density at radius 2 is 2.33 bits per heavy atom. The zero-order valence-electron chi connectivity index (χ0n) is 12.1. The summed E-state index contributed by atoms with van der Waals surface area (Å²) in [5.74, 6) is -1.54. The molecule has 0 aromatic heterocycles. The van der Waals surface area contributed by atoms with Gasteiger partial charge in [-0.2, -0.15) is 0 Å². The fourth-order valence-corrected chi connectivity index (χ4v) is 2.69. The van der Waals surface area contributed by atoms with Gasteiger partial charge < -0.3 is 25.4 Å². The molecule has 2 aliphatic heterocycles. The van der Waals surface area contributed by atoms with Crippen LogP contribution in [0.2, 0.25) is 0 Å². The van der Waals surface area contributed by atoms with E-state index in [0.29, 0.717) is 26.3 Å². The first-order valence-electron chi connectivity index (χ1n) is 7.07. The molecule has 118 valence electrons. The highest BCUT2D eigenvalue weighted by Gasteiger charge is 2.38. The zero-order chi connectivity index (χ0) is 15.5. The molecule has 3 N–H and O–H groups in total. The molecule has 3 amide bonds. The number of nitrogens with zero attached hydrogens (tertiary/aromatic N) is 1. The van der Waals surface area contributed by atoms with Crippen molar-refractivity contribution in [3.63, 3.8) is 0 Å². The number of aliphatic carboxylic acids is 1. The average molecular weight is 299 g/mol. The number of piperazine rings is 1. The van der Waals surface area contributed by atoms with Gasteiger partial charge in [0.25, 0.3) is 0 Å². The second kappa shape index (κ2) is 6.30. The van der Waals surface area contributed by atoms with E-state index < -0.39 is 35.9 Å². The quantitative estimate of drug-likeness (QED) is 0.653. The normalized spacial score (nSPS) is 29.7. The molecule has 0 aliphatic carbocycles. The molecule has 2 saturated heterocycles. The van der Waals surface area contributed by atoms with Crippen molar-refractivity contribution in [1.82, 2.24) is 15.5 Å². The summed E-state index contributed by atoms with van der Waals surface area (Å²) in [5.41, 5.74) is -0.475. The van der Waals surface area contributed by atoms with Crippen LogP contribution >= 0.6 is 0 Å². The Hall–Kier alpha value is -1.83. The van der Waals surface area contributed by atoms with E-state index in [0.717, 1.165) is 12.8 Å². The van der Waals surface area contributed by atoms with Crippen LogP contribution in [-0.2, 0) is 14.3 Å². The molecule has 2 fully saturated rings. The summed E-state index contributed by atoms with van der Waals surface area (Å²) in [4.78, 5) is 36.4. The second-order valence-electron chi connectivity index (χ2n) is 5.75. The van der Waals surface area contributed by atoms with Gasteiger partial charge in [-0.3, -0.25) is 9.59 Å². The van der Waals surface area contributed by atoms with Gasteiger partial charge in [-0.1, -0.05) is 0 Å². The minimum Gasteiger partial charge on any atom is -0.481 e. The number of carbonyl (C=O) groups excluding carboxylic acids is 2. The van der Waals surface area contributed by atoms with Gasteiger partial charge in [0.2, 0.25) is 5.91 Å². The number of hydrogen-bond acceptors (Lipinski definition) is 4. The number of rotatable bonds is 3. The van der Waals surface area contributed by atoms with Crippen molar-refractivity contribution >= 4 is 17.9 Å². The molecule has 0 saturated carbocycles. The topological polar surface area (TPSA) is 108 Å². The molecule has 2 atom stereocenters. The first-order valence-corrected chi connectivity index (χ1v) is 7.07. The van der Waals surface area contributed by atoms with Crippen molar-refractivity contribution in [3.05, 3.63) is 0 Å². The van der Waals surface area contributed by atoms with E-state index in [9.17, 15) is 14.4 Å². The SMILES string of the molecule is CC1(NC(=O)N2CCNC(=O)C2CC(=O)O)CCCOC1. The number of carboxylic acid groups (broad SMARTS) is 1. The maximum Gasteiger partial charge on any atom is 0.318 e. The summed E-state index contributed by atoms with van der Waals surface area (Å²) in [5, 5.41) is 14.4. The van der Waals surface area contributed by atoms with Gasteiger partial charge in [-0.05, 0) is 19.8 Å². The lowest BCUT2D eigenvalue weighted by atomic mass is 9.95. The van der Waals surface area contributed by atoms with E-state index in [1.54, 1.807) is 0 Å². The van der Waals surface area contributed by atoms with Crippen LogP contribution in [0.25, 0.3) is 0 Å². The Labute approximate surface area is 122 Å². The number of carboxylic acids is 1. The summed E-state index contributed by atoms with van der Waals surface area (Å²) in [6.07, 6.45) is 1.25. The Bertz CT molecular complexity index is 434. The van der Waals surface area contributed by atoms with Crippen LogP contribution in [0, 0.1) is 0 Å². The third-order valence-corrected chi connectivity index (χ3v) is 3.81. The van der Waals surface area contributed by atoms with Crippen LogP contribution in [0.5, 0.6) is 0 Å². The summed E-state index contributed by atoms with van der Waals surface area (Å²) >= 11 is 0. The van der Waals surface area contributed by atoms with Crippen LogP contribution < -0.4 is 10.6 Å². The summed E-state index contributed by atoms with van der Waals surface area (Å²) in [6.45, 7) is 3.61. The minimum atomic E-state index is -1.11. The fourth-order valence-electron chi connectivity index (χ4n) is 2.69. The van der Waals surface area contributed by atoms with E-state index in [1.165, 1.54) is 4.90 Å². The van der Waals surface area contributed by atoms with E-state index in [-0.39, 0.29) is 0 Å². The predicted octanol–water partition coefficient (Wildman–Crippen LogP) is -0.460. The number of nitrogens with one attached hydrogen (secondary N) is 2. The molecule has 0 spiro atoms. The fraction of sp³-hybridized carbons (Fsp3) is 0.769. The molecule has 0 aromatic rings. The molecule has 0 radical (unpaired) electrons. The summed E-state index contributed by atoms with van der Waals surface area (Å²) in [7, 11) is 0. The molecule has 2 heterocycles. The lowest BCUT2D eigenvalue weighted by molar-refractivity contribution is -0.142. The largest absolute Gasteiger partial charge is 0.481 e. The number of hydrogen-bond donors (Lipinski definition) is 3. The van der Waals surface area contributed by atoms with Gasteiger partial charge in [0.1, 0.15) is 6.04 Å². The number of amides is 3. The Kier molecular flexibility index (Phi) is 4.66. The molecular formula is C13H21N3O5. The number of urea groups is 1. The lowest BCUT2D eigenvalue weighted by Crippen LogP contribution is -2.63. The van der Waals surface area contributed by atoms with E-state index in [4.69, 9.17) is 9.84 Å². The first kappa shape index (κ1) is 15.6. The highest BCUT2D eigenvalue weighted by Crippen LogP contribution is 2.19. The maximum atomic E-state index is 12.4. The molecule has 0 aromatic carbocycles. The van der Waals surface area contributed by atoms with Crippen molar-refractivity contribution in [2.24, 2.45) is 0 Å². The monoisotopic (exact) mass is 299 g/mol. The van der Waals surface area contributed by atoms with Crippen molar-refractivity contribution in [3.8, 4) is 0 Å². The molecule has 2 aliphatic rings. The zero-order valence-corrected chi connectivity index (χ0v) is 12.1. The van der Waals surface area contributed by atoms with Crippen molar-refractivity contribution in [2.75, 3.05) is 26.3 Å². The van der Waals surface area contributed by atoms with Crippen molar-refractivity contribution in [1.29, 1.82) is 0 Å². The standard InChI is InChI=1S/C13H21N3O5/c1-13(3-2-6-21-8-13)15-12(20)16-5-4-14-11(19)9(16)7-10(17)18/h9H,2-8H2,1H3,(H,14,19)(H,15,20)(H,17,18). The maximum absolute atomic E-state index is 12.4. The average Bonchev–Trinajstić information content (AvgIpc) is 2.40.